The molecule has 2 N–H and O–H groups in total. The Morgan fingerprint density at radius 1 is 1.50 bits per heavy atom. The predicted octanol–water partition coefficient (Wildman–Crippen LogP) is 0.768. The first-order chi connectivity index (χ1) is 8.47. The van der Waals surface area contributed by atoms with Crippen LogP contribution in [0.1, 0.15) is 32.6 Å². The summed E-state index contributed by atoms with van der Waals surface area (Å²) in [7, 11) is 3.50. The minimum Gasteiger partial charge on any atom is -0.468 e. The molecular weight excluding hydrogens is 232 g/mol. The highest BCUT2D eigenvalue weighted by atomic mass is 16.5. The maximum absolute atomic E-state index is 11.4. The summed E-state index contributed by atoms with van der Waals surface area (Å²) in [6.07, 6.45) is 3.73. The Labute approximate surface area is 110 Å². The van der Waals surface area contributed by atoms with Crippen LogP contribution < -0.4 is 5.73 Å². The van der Waals surface area contributed by atoms with E-state index in [1.165, 1.54) is 7.11 Å². The number of nitrogens with two attached hydrogens (primary N) is 1. The highest BCUT2D eigenvalue weighted by Crippen LogP contribution is 2.15. The molecule has 0 bridgehead atoms. The van der Waals surface area contributed by atoms with Crippen LogP contribution in [0.5, 0.6) is 0 Å². The van der Waals surface area contributed by atoms with Gasteiger partial charge in [-0.2, -0.15) is 0 Å². The van der Waals surface area contributed by atoms with E-state index in [2.05, 4.69) is 11.9 Å². The molecular formula is C13H26N2O3. The zero-order chi connectivity index (χ0) is 13.6. The minimum absolute atomic E-state index is 0.337. The molecule has 0 aromatic rings. The van der Waals surface area contributed by atoms with Crippen LogP contribution in [0.15, 0.2) is 0 Å². The molecule has 0 saturated carbocycles. The maximum atomic E-state index is 11.4. The number of nitrogens with zero attached hydrogens (tertiary/aromatic N) is 1. The van der Waals surface area contributed by atoms with E-state index in [0.29, 0.717) is 12.5 Å². The quantitative estimate of drug-likeness (QED) is 0.713. The molecule has 1 aliphatic rings. The number of carbonyl (C=O) groups is 1. The highest BCUT2D eigenvalue weighted by molar-refractivity contribution is 5.79. The van der Waals surface area contributed by atoms with Gasteiger partial charge in [0.25, 0.3) is 0 Å². The summed E-state index contributed by atoms with van der Waals surface area (Å²) < 4.78 is 10.0. The van der Waals surface area contributed by atoms with Crippen molar-refractivity contribution in [1.29, 1.82) is 0 Å². The molecule has 0 amide bonds. The molecule has 0 aromatic carbocycles. The average Bonchev–Trinajstić information content (AvgIpc) is 2.38. The van der Waals surface area contributed by atoms with Crippen LogP contribution in [-0.4, -0.2) is 56.4 Å². The molecule has 0 aromatic heterocycles. The van der Waals surface area contributed by atoms with Gasteiger partial charge >= 0.3 is 5.97 Å². The Balaban J connectivity index is 2.25. The van der Waals surface area contributed by atoms with Crippen LogP contribution in [0.3, 0.4) is 0 Å². The van der Waals surface area contributed by atoms with Crippen molar-refractivity contribution in [2.45, 2.75) is 44.2 Å². The molecule has 1 unspecified atom stereocenters. The van der Waals surface area contributed by atoms with Gasteiger partial charge in [-0.05, 0) is 46.2 Å². The maximum Gasteiger partial charge on any atom is 0.325 e. The van der Waals surface area contributed by atoms with Gasteiger partial charge < -0.3 is 20.1 Å². The monoisotopic (exact) mass is 258 g/mol. The van der Waals surface area contributed by atoms with Crippen molar-refractivity contribution < 1.29 is 14.3 Å². The largest absolute Gasteiger partial charge is 0.468 e. The number of rotatable bonds is 6. The van der Waals surface area contributed by atoms with Crippen LogP contribution in [0.4, 0.5) is 0 Å². The van der Waals surface area contributed by atoms with E-state index in [1.807, 2.05) is 0 Å². The smallest absolute Gasteiger partial charge is 0.325 e. The summed E-state index contributed by atoms with van der Waals surface area (Å²) in [5.41, 5.74) is 5.05. The molecule has 1 fully saturated rings. The van der Waals surface area contributed by atoms with Gasteiger partial charge in [-0.3, -0.25) is 4.79 Å². The van der Waals surface area contributed by atoms with E-state index in [0.717, 1.165) is 39.0 Å². The van der Waals surface area contributed by atoms with Crippen molar-refractivity contribution in [2.75, 3.05) is 33.9 Å². The second kappa shape index (κ2) is 7.07. The van der Waals surface area contributed by atoms with Gasteiger partial charge in [0.05, 0.1) is 7.11 Å². The Morgan fingerprint density at radius 3 is 2.67 bits per heavy atom. The molecule has 18 heavy (non-hydrogen) atoms. The lowest BCUT2D eigenvalue weighted by Gasteiger charge is -2.32. The normalized spacial score (nSPS) is 20.7. The highest BCUT2D eigenvalue weighted by Gasteiger charge is 2.29. The van der Waals surface area contributed by atoms with Crippen molar-refractivity contribution in [3.8, 4) is 0 Å². The van der Waals surface area contributed by atoms with Crippen molar-refractivity contribution in [3.63, 3.8) is 0 Å². The third-order valence-corrected chi connectivity index (χ3v) is 3.67. The molecule has 1 saturated heterocycles. The fourth-order valence-corrected chi connectivity index (χ4v) is 2.34. The summed E-state index contributed by atoms with van der Waals surface area (Å²) in [6.45, 7) is 4.39. The lowest BCUT2D eigenvalue weighted by molar-refractivity contribution is -0.146. The molecule has 0 radical (unpaired) electrons. The first-order valence-corrected chi connectivity index (χ1v) is 6.62. The number of carbonyl (C=O) groups excluding carboxylic acids is 1. The zero-order valence-electron chi connectivity index (χ0n) is 11.8. The average molecular weight is 258 g/mol. The molecule has 1 rings (SSSR count). The van der Waals surface area contributed by atoms with Gasteiger partial charge in [-0.15, -0.1) is 0 Å². The fraction of sp³-hybridized carbons (Fsp3) is 0.923. The van der Waals surface area contributed by atoms with E-state index in [-0.39, 0.29) is 5.97 Å². The Hall–Kier alpha value is -0.650. The Kier molecular flexibility index (Phi) is 6.05. The van der Waals surface area contributed by atoms with Crippen molar-refractivity contribution in [3.05, 3.63) is 0 Å². The predicted molar refractivity (Wildman–Crippen MR) is 70.3 cm³/mol. The van der Waals surface area contributed by atoms with Crippen LogP contribution in [-0.2, 0) is 14.3 Å². The van der Waals surface area contributed by atoms with Gasteiger partial charge in [0.2, 0.25) is 0 Å². The molecule has 1 heterocycles. The third kappa shape index (κ3) is 4.55. The minimum atomic E-state index is -0.870. The molecule has 1 aliphatic heterocycles. The van der Waals surface area contributed by atoms with Gasteiger partial charge in [0.15, 0.2) is 0 Å². The van der Waals surface area contributed by atoms with Crippen LogP contribution in [0, 0.1) is 0 Å². The number of hydrogen-bond donors (Lipinski definition) is 1. The summed E-state index contributed by atoms with van der Waals surface area (Å²) in [4.78, 5) is 13.8. The number of esters is 1. The Morgan fingerprint density at radius 2 is 2.11 bits per heavy atom. The van der Waals surface area contributed by atoms with Crippen LogP contribution >= 0.6 is 0 Å². The van der Waals surface area contributed by atoms with Crippen LogP contribution in [0.2, 0.25) is 0 Å². The molecule has 5 heteroatoms. The fourth-order valence-electron chi connectivity index (χ4n) is 2.34. The Bertz CT molecular complexity index is 263. The summed E-state index contributed by atoms with van der Waals surface area (Å²) in [5, 5.41) is 0. The van der Waals surface area contributed by atoms with E-state index in [4.69, 9.17) is 15.2 Å². The molecule has 106 valence electrons. The number of methoxy groups -OCH3 is 1. The van der Waals surface area contributed by atoms with Gasteiger partial charge in [0, 0.05) is 19.3 Å². The van der Waals surface area contributed by atoms with Gasteiger partial charge in [0.1, 0.15) is 5.54 Å². The summed E-state index contributed by atoms with van der Waals surface area (Å²) >= 11 is 0. The summed E-state index contributed by atoms with van der Waals surface area (Å²) in [6, 6.07) is 0.598. The lowest BCUT2D eigenvalue weighted by atomic mass is 9.97. The summed E-state index contributed by atoms with van der Waals surface area (Å²) in [5.74, 6) is -0.337. The van der Waals surface area contributed by atoms with Crippen molar-refractivity contribution in [2.24, 2.45) is 5.73 Å². The van der Waals surface area contributed by atoms with E-state index in [1.54, 1.807) is 6.92 Å². The zero-order valence-corrected chi connectivity index (χ0v) is 11.8. The SMILES string of the molecule is COC(=O)C(C)(N)CCCN(C)C1CCOCC1. The molecule has 1 atom stereocenters. The molecule has 5 nitrogen and oxygen atoms in total. The van der Waals surface area contributed by atoms with E-state index < -0.39 is 5.54 Å². The van der Waals surface area contributed by atoms with Gasteiger partial charge in [-0.1, -0.05) is 0 Å². The van der Waals surface area contributed by atoms with Gasteiger partial charge in [-0.25, -0.2) is 0 Å². The first kappa shape index (κ1) is 15.4. The third-order valence-electron chi connectivity index (χ3n) is 3.67. The second-order valence-corrected chi connectivity index (χ2v) is 5.34. The van der Waals surface area contributed by atoms with E-state index >= 15 is 0 Å². The number of hydrogen-bond acceptors (Lipinski definition) is 5. The topological polar surface area (TPSA) is 64.8 Å². The standard InChI is InChI=1S/C13H26N2O3/c1-13(14,12(16)17-3)7-4-8-15(2)11-5-9-18-10-6-11/h11H,4-10,14H2,1-3H3. The lowest BCUT2D eigenvalue weighted by Crippen LogP contribution is -2.46. The second-order valence-electron chi connectivity index (χ2n) is 5.34. The van der Waals surface area contributed by atoms with E-state index in [9.17, 15) is 4.79 Å². The molecule has 0 aliphatic carbocycles. The first-order valence-electron chi connectivity index (χ1n) is 6.62. The van der Waals surface area contributed by atoms with Crippen LogP contribution in [0.25, 0.3) is 0 Å². The molecule has 0 spiro atoms. The van der Waals surface area contributed by atoms with Crippen molar-refractivity contribution >= 4 is 5.97 Å². The number of ether oxygens (including phenoxy) is 2. The van der Waals surface area contributed by atoms with Crippen molar-refractivity contribution in [1.82, 2.24) is 4.90 Å².